The summed E-state index contributed by atoms with van der Waals surface area (Å²) in [4.78, 5) is 21.6. The highest BCUT2D eigenvalue weighted by molar-refractivity contribution is 5.75. The molecule has 0 aliphatic rings. The van der Waals surface area contributed by atoms with Gasteiger partial charge in [0.25, 0.3) is 0 Å². The van der Waals surface area contributed by atoms with Gasteiger partial charge in [0.15, 0.2) is 5.82 Å². The summed E-state index contributed by atoms with van der Waals surface area (Å²) in [6.07, 6.45) is -0.129. The van der Waals surface area contributed by atoms with Gasteiger partial charge in [-0.2, -0.15) is 5.21 Å². The summed E-state index contributed by atoms with van der Waals surface area (Å²) in [5, 5.41) is 26.2. The van der Waals surface area contributed by atoms with Crippen molar-refractivity contribution in [3.63, 3.8) is 0 Å². The molecule has 1 atom stereocenters. The Kier molecular flexibility index (Phi) is 4.18. The van der Waals surface area contributed by atoms with Crippen LogP contribution in [0.2, 0.25) is 0 Å². The molecule has 0 saturated carbocycles. The van der Waals surface area contributed by atoms with Gasteiger partial charge < -0.3 is 15.7 Å². The number of rotatable bonds is 5. The standard InChI is InChI=1S/C7H12N6O3/c1-4(2-6(14)15)9-7(16)8-3-5-10-12-13-11-5/h4H,2-3H2,1H3,(H,14,15)(H2,8,9,16)(H,10,11,12,13). The first-order valence-electron chi connectivity index (χ1n) is 4.56. The largest absolute Gasteiger partial charge is 0.481 e. The van der Waals surface area contributed by atoms with Crippen molar-refractivity contribution in [2.45, 2.75) is 25.9 Å². The van der Waals surface area contributed by atoms with E-state index in [9.17, 15) is 9.59 Å². The Morgan fingerprint density at radius 2 is 2.31 bits per heavy atom. The third kappa shape index (κ3) is 4.35. The molecule has 0 saturated heterocycles. The molecule has 0 spiro atoms. The van der Waals surface area contributed by atoms with E-state index in [-0.39, 0.29) is 13.0 Å². The summed E-state index contributed by atoms with van der Waals surface area (Å²) in [5.41, 5.74) is 0. The molecule has 9 heteroatoms. The van der Waals surface area contributed by atoms with Crippen molar-refractivity contribution >= 4 is 12.0 Å². The van der Waals surface area contributed by atoms with Crippen LogP contribution in [0.3, 0.4) is 0 Å². The van der Waals surface area contributed by atoms with Crippen LogP contribution in [-0.4, -0.2) is 43.8 Å². The molecular weight excluding hydrogens is 216 g/mol. The Bertz CT molecular complexity index is 351. The zero-order chi connectivity index (χ0) is 12.0. The van der Waals surface area contributed by atoms with Crippen LogP contribution >= 0.6 is 0 Å². The molecule has 1 aromatic rings. The fourth-order valence-electron chi connectivity index (χ4n) is 1.00. The van der Waals surface area contributed by atoms with Crippen LogP contribution in [0, 0.1) is 0 Å². The maximum Gasteiger partial charge on any atom is 0.315 e. The number of hydrogen-bond acceptors (Lipinski definition) is 5. The van der Waals surface area contributed by atoms with E-state index in [1.54, 1.807) is 6.92 Å². The average molecular weight is 228 g/mol. The summed E-state index contributed by atoms with van der Waals surface area (Å²) in [6.45, 7) is 1.73. The van der Waals surface area contributed by atoms with Crippen LogP contribution in [0.5, 0.6) is 0 Å². The van der Waals surface area contributed by atoms with Gasteiger partial charge in [-0.25, -0.2) is 4.79 Å². The molecule has 1 rings (SSSR count). The molecule has 4 N–H and O–H groups in total. The van der Waals surface area contributed by atoms with E-state index in [1.165, 1.54) is 0 Å². The van der Waals surface area contributed by atoms with Gasteiger partial charge in [-0.1, -0.05) is 5.21 Å². The van der Waals surface area contributed by atoms with Gasteiger partial charge in [0.2, 0.25) is 0 Å². The Balaban J connectivity index is 2.23. The fourth-order valence-corrected chi connectivity index (χ4v) is 1.00. The Morgan fingerprint density at radius 1 is 1.56 bits per heavy atom. The van der Waals surface area contributed by atoms with E-state index in [4.69, 9.17) is 5.11 Å². The van der Waals surface area contributed by atoms with Crippen molar-refractivity contribution < 1.29 is 14.7 Å². The van der Waals surface area contributed by atoms with E-state index in [0.717, 1.165) is 0 Å². The number of tetrazole rings is 1. The van der Waals surface area contributed by atoms with Gasteiger partial charge in [-0.3, -0.25) is 4.79 Å². The number of nitrogens with zero attached hydrogens (tertiary/aromatic N) is 3. The van der Waals surface area contributed by atoms with Crippen LogP contribution < -0.4 is 10.6 Å². The molecule has 0 fully saturated rings. The number of carbonyl (C=O) groups excluding carboxylic acids is 1. The smallest absolute Gasteiger partial charge is 0.315 e. The lowest BCUT2D eigenvalue weighted by Crippen LogP contribution is -2.41. The van der Waals surface area contributed by atoms with E-state index in [2.05, 4.69) is 31.3 Å². The lowest BCUT2D eigenvalue weighted by molar-refractivity contribution is -0.137. The molecule has 16 heavy (non-hydrogen) atoms. The van der Waals surface area contributed by atoms with Gasteiger partial charge >= 0.3 is 12.0 Å². The predicted molar refractivity (Wildman–Crippen MR) is 51.3 cm³/mol. The summed E-state index contributed by atoms with van der Waals surface area (Å²) in [6, 6.07) is -0.915. The third-order valence-electron chi connectivity index (χ3n) is 1.65. The van der Waals surface area contributed by atoms with Crippen LogP contribution in [0.4, 0.5) is 4.79 Å². The number of carboxylic acids is 1. The Hall–Kier alpha value is -2.19. The second kappa shape index (κ2) is 5.63. The molecule has 0 bridgehead atoms. The molecule has 2 amide bonds. The van der Waals surface area contributed by atoms with Crippen LogP contribution in [0.15, 0.2) is 0 Å². The number of carbonyl (C=O) groups is 2. The summed E-state index contributed by atoms with van der Waals surface area (Å²) < 4.78 is 0. The maximum atomic E-state index is 11.2. The molecule has 1 aromatic heterocycles. The number of amides is 2. The van der Waals surface area contributed by atoms with Crippen LogP contribution in [-0.2, 0) is 11.3 Å². The first-order valence-corrected chi connectivity index (χ1v) is 4.56. The lowest BCUT2D eigenvalue weighted by Gasteiger charge is -2.11. The maximum absolute atomic E-state index is 11.2. The van der Waals surface area contributed by atoms with Crippen molar-refractivity contribution in [1.82, 2.24) is 31.3 Å². The third-order valence-corrected chi connectivity index (χ3v) is 1.65. The topological polar surface area (TPSA) is 133 Å². The minimum atomic E-state index is -0.967. The fraction of sp³-hybridized carbons (Fsp3) is 0.571. The zero-order valence-electron chi connectivity index (χ0n) is 8.60. The normalized spacial score (nSPS) is 11.8. The number of carboxylic acid groups (broad SMARTS) is 1. The molecule has 88 valence electrons. The molecule has 0 aliphatic carbocycles. The van der Waals surface area contributed by atoms with Crippen molar-refractivity contribution in [3.05, 3.63) is 5.82 Å². The summed E-state index contributed by atoms with van der Waals surface area (Å²) in [5.74, 6) is -0.619. The SMILES string of the molecule is CC(CC(=O)O)NC(=O)NCc1nn[nH]n1. The van der Waals surface area contributed by atoms with Crippen molar-refractivity contribution in [3.8, 4) is 0 Å². The molecular formula is C7H12N6O3. The first kappa shape index (κ1) is 11.9. The van der Waals surface area contributed by atoms with Crippen molar-refractivity contribution in [2.75, 3.05) is 0 Å². The second-order valence-electron chi connectivity index (χ2n) is 3.15. The number of aliphatic carboxylic acids is 1. The minimum Gasteiger partial charge on any atom is -0.481 e. The van der Waals surface area contributed by atoms with Crippen molar-refractivity contribution in [2.24, 2.45) is 0 Å². The highest BCUT2D eigenvalue weighted by Gasteiger charge is 2.10. The summed E-state index contributed by atoms with van der Waals surface area (Å²) in [7, 11) is 0. The lowest BCUT2D eigenvalue weighted by atomic mass is 10.2. The highest BCUT2D eigenvalue weighted by atomic mass is 16.4. The van der Waals surface area contributed by atoms with Crippen LogP contribution in [0.25, 0.3) is 0 Å². The first-order chi connectivity index (χ1) is 7.58. The molecule has 0 radical (unpaired) electrons. The van der Waals surface area contributed by atoms with E-state index in [0.29, 0.717) is 5.82 Å². The molecule has 9 nitrogen and oxygen atoms in total. The second-order valence-corrected chi connectivity index (χ2v) is 3.15. The monoisotopic (exact) mass is 228 g/mol. The van der Waals surface area contributed by atoms with E-state index < -0.39 is 18.0 Å². The quantitative estimate of drug-likeness (QED) is 0.503. The van der Waals surface area contributed by atoms with Gasteiger partial charge in [0, 0.05) is 6.04 Å². The summed E-state index contributed by atoms with van der Waals surface area (Å²) >= 11 is 0. The molecule has 1 heterocycles. The number of urea groups is 1. The Morgan fingerprint density at radius 3 is 2.88 bits per heavy atom. The van der Waals surface area contributed by atoms with Gasteiger partial charge in [0.1, 0.15) is 0 Å². The van der Waals surface area contributed by atoms with Gasteiger partial charge in [-0.15, -0.1) is 10.2 Å². The number of H-pyrrole nitrogens is 1. The molecule has 0 aliphatic heterocycles. The van der Waals surface area contributed by atoms with E-state index in [1.807, 2.05) is 0 Å². The zero-order valence-corrected chi connectivity index (χ0v) is 8.60. The highest BCUT2D eigenvalue weighted by Crippen LogP contribution is 1.90. The van der Waals surface area contributed by atoms with Gasteiger partial charge in [0.05, 0.1) is 13.0 Å². The molecule has 1 unspecified atom stereocenters. The van der Waals surface area contributed by atoms with E-state index >= 15 is 0 Å². The van der Waals surface area contributed by atoms with Crippen LogP contribution in [0.1, 0.15) is 19.2 Å². The number of aromatic amines is 1. The van der Waals surface area contributed by atoms with Gasteiger partial charge in [-0.05, 0) is 6.92 Å². The number of nitrogens with one attached hydrogen (secondary N) is 3. The number of hydrogen-bond donors (Lipinski definition) is 4. The molecule has 0 aromatic carbocycles. The van der Waals surface area contributed by atoms with Crippen molar-refractivity contribution in [1.29, 1.82) is 0 Å². The average Bonchev–Trinajstić information content (AvgIpc) is 2.65. The predicted octanol–water partition coefficient (Wildman–Crippen LogP) is -1.14. The number of aromatic nitrogens is 4. The Labute approximate surface area is 90.6 Å². The minimum absolute atomic E-state index is 0.127.